The molecule has 1 aliphatic rings. The van der Waals surface area contributed by atoms with Crippen LogP contribution in [0.2, 0.25) is 0 Å². The predicted octanol–water partition coefficient (Wildman–Crippen LogP) is 3.04. The smallest absolute Gasteiger partial charge is 0.372 e. The summed E-state index contributed by atoms with van der Waals surface area (Å²) in [4.78, 5) is 25.5. The summed E-state index contributed by atoms with van der Waals surface area (Å²) in [5.74, 6) is -0.448. The standard InChI is InChI=1S/C18H21F3N2O3/c1-13(24)23-9-7-14-5-2-3-6-15(14)16(23)11-17(25)22-8-4-10-26-12-18(19,20)21/h2-3,5-7,9,16H,4,8,10-12H2,1H3,(H,22,25). The normalized spacial score (nSPS) is 16.3. The van der Waals surface area contributed by atoms with Gasteiger partial charge in [0.05, 0.1) is 12.5 Å². The van der Waals surface area contributed by atoms with Crippen LogP contribution in [-0.4, -0.2) is 42.6 Å². The number of rotatable bonds is 7. The molecule has 1 atom stereocenters. The number of ether oxygens (including phenoxy) is 1. The number of nitrogens with zero attached hydrogens (tertiary/aromatic N) is 1. The molecule has 0 aromatic heterocycles. The van der Waals surface area contributed by atoms with Gasteiger partial charge in [0.1, 0.15) is 6.61 Å². The third-order valence-corrected chi connectivity index (χ3v) is 3.90. The van der Waals surface area contributed by atoms with Crippen LogP contribution >= 0.6 is 0 Å². The molecule has 1 aromatic carbocycles. The van der Waals surface area contributed by atoms with E-state index < -0.39 is 18.8 Å². The van der Waals surface area contributed by atoms with Gasteiger partial charge in [-0.3, -0.25) is 9.59 Å². The Morgan fingerprint density at radius 2 is 2.00 bits per heavy atom. The molecule has 142 valence electrons. The molecule has 1 aliphatic heterocycles. The maximum atomic E-state index is 12.2. The highest BCUT2D eigenvalue weighted by Crippen LogP contribution is 2.32. The molecule has 2 rings (SSSR count). The zero-order valence-electron chi connectivity index (χ0n) is 14.4. The summed E-state index contributed by atoms with van der Waals surface area (Å²) in [6.45, 7) is 0.260. The molecule has 0 aliphatic carbocycles. The monoisotopic (exact) mass is 370 g/mol. The van der Waals surface area contributed by atoms with E-state index in [1.54, 1.807) is 6.20 Å². The largest absolute Gasteiger partial charge is 0.411 e. The molecule has 2 amide bonds. The Morgan fingerprint density at radius 3 is 2.69 bits per heavy atom. The molecule has 1 N–H and O–H groups in total. The molecule has 26 heavy (non-hydrogen) atoms. The molecule has 0 saturated carbocycles. The van der Waals surface area contributed by atoms with Gasteiger partial charge in [-0.25, -0.2) is 0 Å². The molecule has 0 fully saturated rings. The summed E-state index contributed by atoms with van der Waals surface area (Å²) in [6, 6.07) is 7.10. The fourth-order valence-electron chi connectivity index (χ4n) is 2.75. The average molecular weight is 370 g/mol. The summed E-state index contributed by atoms with van der Waals surface area (Å²) >= 11 is 0. The fraction of sp³-hybridized carbons (Fsp3) is 0.444. The minimum absolute atomic E-state index is 0.0738. The first-order chi connectivity index (χ1) is 12.3. The molecule has 0 spiro atoms. The van der Waals surface area contributed by atoms with E-state index in [9.17, 15) is 22.8 Å². The van der Waals surface area contributed by atoms with Crippen LogP contribution < -0.4 is 5.32 Å². The number of carbonyl (C=O) groups excluding carboxylic acids is 2. The number of alkyl halides is 3. The molecule has 8 heteroatoms. The molecular weight excluding hydrogens is 349 g/mol. The first-order valence-corrected chi connectivity index (χ1v) is 8.25. The van der Waals surface area contributed by atoms with Crippen molar-refractivity contribution in [2.75, 3.05) is 19.8 Å². The summed E-state index contributed by atoms with van der Waals surface area (Å²) < 4.78 is 40.3. The molecule has 0 saturated heterocycles. The lowest BCUT2D eigenvalue weighted by Gasteiger charge is -2.32. The molecule has 1 heterocycles. The number of fused-ring (bicyclic) bond motifs is 1. The average Bonchev–Trinajstić information content (AvgIpc) is 2.57. The number of hydrogen-bond donors (Lipinski definition) is 1. The lowest BCUT2D eigenvalue weighted by atomic mass is 9.93. The van der Waals surface area contributed by atoms with Crippen LogP contribution in [0.5, 0.6) is 0 Å². The first kappa shape index (κ1) is 20.0. The second kappa shape index (κ2) is 8.84. The van der Waals surface area contributed by atoms with Crippen LogP contribution in [0.15, 0.2) is 30.5 Å². The van der Waals surface area contributed by atoms with Crippen LogP contribution in [0.1, 0.15) is 36.9 Å². The van der Waals surface area contributed by atoms with Crippen LogP contribution in [0.4, 0.5) is 13.2 Å². The molecule has 1 unspecified atom stereocenters. The number of hydrogen-bond acceptors (Lipinski definition) is 3. The van der Waals surface area contributed by atoms with Crippen molar-refractivity contribution in [3.63, 3.8) is 0 Å². The predicted molar refractivity (Wildman–Crippen MR) is 89.9 cm³/mol. The van der Waals surface area contributed by atoms with E-state index in [-0.39, 0.29) is 37.8 Å². The van der Waals surface area contributed by atoms with Gasteiger partial charge in [0, 0.05) is 26.3 Å². The maximum absolute atomic E-state index is 12.2. The lowest BCUT2D eigenvalue weighted by Crippen LogP contribution is -2.35. The van der Waals surface area contributed by atoms with Crippen molar-refractivity contribution in [3.05, 3.63) is 41.6 Å². The van der Waals surface area contributed by atoms with Crippen LogP contribution in [0.25, 0.3) is 6.08 Å². The maximum Gasteiger partial charge on any atom is 0.411 e. The van der Waals surface area contributed by atoms with Crippen LogP contribution in [-0.2, 0) is 14.3 Å². The summed E-state index contributed by atoms with van der Waals surface area (Å²) in [6.07, 6.45) is -0.512. The summed E-state index contributed by atoms with van der Waals surface area (Å²) in [7, 11) is 0. The molecule has 0 bridgehead atoms. The number of nitrogens with one attached hydrogen (secondary N) is 1. The number of benzene rings is 1. The molecular formula is C18H21F3N2O3. The lowest BCUT2D eigenvalue weighted by molar-refractivity contribution is -0.174. The Labute approximate surface area is 149 Å². The first-order valence-electron chi connectivity index (χ1n) is 8.25. The van der Waals surface area contributed by atoms with Crippen molar-refractivity contribution in [2.24, 2.45) is 0 Å². The zero-order valence-corrected chi connectivity index (χ0v) is 14.4. The highest BCUT2D eigenvalue weighted by atomic mass is 19.4. The van der Waals surface area contributed by atoms with Crippen molar-refractivity contribution in [1.29, 1.82) is 0 Å². The Hall–Kier alpha value is -2.35. The van der Waals surface area contributed by atoms with E-state index in [2.05, 4.69) is 10.1 Å². The SMILES string of the molecule is CC(=O)N1C=Cc2ccccc2C1CC(=O)NCCCOCC(F)(F)F. The van der Waals surface area contributed by atoms with E-state index in [0.717, 1.165) is 11.1 Å². The van der Waals surface area contributed by atoms with Gasteiger partial charge < -0.3 is 15.0 Å². The second-order valence-corrected chi connectivity index (χ2v) is 5.96. The van der Waals surface area contributed by atoms with E-state index in [4.69, 9.17) is 0 Å². The van der Waals surface area contributed by atoms with Crippen molar-refractivity contribution < 1.29 is 27.5 Å². The number of halogens is 3. The van der Waals surface area contributed by atoms with Gasteiger partial charge in [-0.05, 0) is 23.6 Å². The Morgan fingerprint density at radius 1 is 1.27 bits per heavy atom. The highest BCUT2D eigenvalue weighted by Gasteiger charge is 2.28. The minimum Gasteiger partial charge on any atom is -0.372 e. The van der Waals surface area contributed by atoms with Gasteiger partial charge in [0.15, 0.2) is 0 Å². The highest BCUT2D eigenvalue weighted by molar-refractivity contribution is 5.81. The number of carbonyl (C=O) groups is 2. The van der Waals surface area contributed by atoms with Gasteiger partial charge >= 0.3 is 6.18 Å². The van der Waals surface area contributed by atoms with Crippen molar-refractivity contribution >= 4 is 17.9 Å². The van der Waals surface area contributed by atoms with E-state index >= 15 is 0 Å². The second-order valence-electron chi connectivity index (χ2n) is 5.96. The summed E-state index contributed by atoms with van der Waals surface area (Å²) in [5, 5.41) is 2.66. The van der Waals surface area contributed by atoms with Crippen molar-refractivity contribution in [2.45, 2.75) is 32.0 Å². The quantitative estimate of drug-likeness (QED) is 0.751. The van der Waals surface area contributed by atoms with Crippen molar-refractivity contribution in [3.8, 4) is 0 Å². The Balaban J connectivity index is 1.84. The van der Waals surface area contributed by atoms with Gasteiger partial charge in [-0.1, -0.05) is 24.3 Å². The summed E-state index contributed by atoms with van der Waals surface area (Å²) in [5.41, 5.74) is 1.83. The Kier molecular flexibility index (Phi) is 6.79. The van der Waals surface area contributed by atoms with E-state index in [1.165, 1.54) is 11.8 Å². The third-order valence-electron chi connectivity index (χ3n) is 3.90. The molecule has 0 radical (unpaired) electrons. The topological polar surface area (TPSA) is 58.6 Å². The van der Waals surface area contributed by atoms with E-state index in [0.29, 0.717) is 0 Å². The van der Waals surface area contributed by atoms with Gasteiger partial charge in [0.25, 0.3) is 0 Å². The van der Waals surface area contributed by atoms with Gasteiger partial charge in [0.2, 0.25) is 11.8 Å². The van der Waals surface area contributed by atoms with Crippen LogP contribution in [0.3, 0.4) is 0 Å². The van der Waals surface area contributed by atoms with Gasteiger partial charge in [-0.15, -0.1) is 0 Å². The van der Waals surface area contributed by atoms with E-state index in [1.807, 2.05) is 30.3 Å². The minimum atomic E-state index is -4.35. The molecule has 1 aromatic rings. The third kappa shape index (κ3) is 5.87. The van der Waals surface area contributed by atoms with Gasteiger partial charge in [-0.2, -0.15) is 13.2 Å². The number of amides is 2. The zero-order chi connectivity index (χ0) is 19.2. The van der Waals surface area contributed by atoms with Crippen molar-refractivity contribution in [1.82, 2.24) is 10.2 Å². The van der Waals surface area contributed by atoms with Crippen LogP contribution in [0, 0.1) is 0 Å². The molecule has 5 nitrogen and oxygen atoms in total. The Bertz CT molecular complexity index is 674. The fourth-order valence-corrected chi connectivity index (χ4v) is 2.75.